The van der Waals surface area contributed by atoms with Gasteiger partial charge in [-0.15, -0.1) is 0 Å². The van der Waals surface area contributed by atoms with Crippen molar-refractivity contribution in [1.82, 2.24) is 15.1 Å². The molecular formula is C26H35FN4. The van der Waals surface area contributed by atoms with Gasteiger partial charge in [-0.05, 0) is 49.1 Å². The van der Waals surface area contributed by atoms with Crippen LogP contribution in [-0.4, -0.2) is 54.6 Å². The van der Waals surface area contributed by atoms with Gasteiger partial charge in [0.1, 0.15) is 5.82 Å². The van der Waals surface area contributed by atoms with Crippen molar-refractivity contribution in [2.75, 3.05) is 38.0 Å². The number of piperidine rings is 1. The second kappa shape index (κ2) is 10.3. The summed E-state index contributed by atoms with van der Waals surface area (Å²) in [5, 5.41) is 6.97. The van der Waals surface area contributed by atoms with Crippen molar-refractivity contribution in [3.63, 3.8) is 0 Å². The Kier molecular flexibility index (Phi) is 7.25. The highest BCUT2D eigenvalue weighted by Crippen LogP contribution is 2.21. The molecule has 1 atom stereocenters. The Labute approximate surface area is 186 Å². The van der Waals surface area contributed by atoms with Gasteiger partial charge >= 0.3 is 0 Å². The topological polar surface area (TPSA) is 30.5 Å². The van der Waals surface area contributed by atoms with Crippen molar-refractivity contribution < 1.29 is 4.39 Å². The van der Waals surface area contributed by atoms with Crippen molar-refractivity contribution in [1.29, 1.82) is 0 Å². The smallest absolute Gasteiger partial charge is 0.125 e. The zero-order valence-electron chi connectivity index (χ0n) is 18.6. The van der Waals surface area contributed by atoms with Gasteiger partial charge in [0.15, 0.2) is 0 Å². The van der Waals surface area contributed by atoms with Crippen molar-refractivity contribution in [2.24, 2.45) is 0 Å². The lowest BCUT2D eigenvalue weighted by Gasteiger charge is -2.35. The number of rotatable bonds is 7. The molecule has 2 saturated heterocycles. The number of anilines is 1. The molecule has 0 spiro atoms. The fraction of sp³-hybridized carbons (Fsp3) is 0.462. The largest absolute Gasteiger partial charge is 0.382 e. The highest BCUT2D eigenvalue weighted by molar-refractivity contribution is 5.44. The number of nitrogens with zero attached hydrogens (tertiary/aromatic N) is 2. The highest BCUT2D eigenvalue weighted by atomic mass is 19.1. The van der Waals surface area contributed by atoms with Crippen molar-refractivity contribution in [2.45, 2.75) is 44.8 Å². The molecule has 0 aromatic heterocycles. The molecule has 2 fully saturated rings. The number of likely N-dealkylation sites (tertiary alicyclic amines) is 1. The van der Waals surface area contributed by atoms with Crippen LogP contribution in [0.5, 0.6) is 0 Å². The van der Waals surface area contributed by atoms with E-state index in [9.17, 15) is 4.39 Å². The van der Waals surface area contributed by atoms with Gasteiger partial charge in [-0.25, -0.2) is 4.39 Å². The zero-order valence-corrected chi connectivity index (χ0v) is 18.6. The van der Waals surface area contributed by atoms with Gasteiger partial charge < -0.3 is 15.5 Å². The molecule has 2 N–H and O–H groups in total. The third-order valence-corrected chi connectivity index (χ3v) is 6.43. The van der Waals surface area contributed by atoms with Gasteiger partial charge in [0.2, 0.25) is 0 Å². The van der Waals surface area contributed by atoms with Gasteiger partial charge in [-0.2, -0.15) is 0 Å². The first-order valence-electron chi connectivity index (χ1n) is 11.5. The second-order valence-corrected chi connectivity index (χ2v) is 9.07. The first-order chi connectivity index (χ1) is 15.0. The summed E-state index contributed by atoms with van der Waals surface area (Å²) in [7, 11) is 0. The molecular weight excluding hydrogens is 387 g/mol. The van der Waals surface area contributed by atoms with Crippen LogP contribution in [0.15, 0.2) is 60.8 Å². The summed E-state index contributed by atoms with van der Waals surface area (Å²) in [6, 6.07) is 16.7. The van der Waals surface area contributed by atoms with E-state index >= 15 is 0 Å². The molecule has 2 aliphatic rings. The molecule has 4 nitrogen and oxygen atoms in total. The molecule has 0 bridgehead atoms. The molecule has 2 aromatic carbocycles. The van der Waals surface area contributed by atoms with E-state index in [1.807, 2.05) is 6.07 Å². The zero-order chi connectivity index (χ0) is 21.6. The van der Waals surface area contributed by atoms with E-state index in [0.717, 1.165) is 64.2 Å². The molecule has 0 unspecified atom stereocenters. The molecule has 2 aliphatic heterocycles. The predicted molar refractivity (Wildman–Crippen MR) is 127 cm³/mol. The van der Waals surface area contributed by atoms with Gasteiger partial charge in [0.05, 0.1) is 0 Å². The van der Waals surface area contributed by atoms with E-state index in [2.05, 4.69) is 58.2 Å². The molecule has 31 heavy (non-hydrogen) atoms. The summed E-state index contributed by atoms with van der Waals surface area (Å²) in [6.07, 6.45) is 2.97. The maximum atomic E-state index is 13.4. The minimum atomic E-state index is -0.190. The second-order valence-electron chi connectivity index (χ2n) is 9.07. The molecule has 2 aromatic rings. The third kappa shape index (κ3) is 6.31. The lowest BCUT2D eigenvalue weighted by molar-refractivity contribution is 0.199. The Balaban J connectivity index is 1.22. The molecule has 4 rings (SSSR count). The highest BCUT2D eigenvalue weighted by Gasteiger charge is 2.20. The lowest BCUT2D eigenvalue weighted by atomic mass is 10.0. The summed E-state index contributed by atoms with van der Waals surface area (Å²) in [6.45, 7) is 12.9. The van der Waals surface area contributed by atoms with Gasteiger partial charge in [-0.1, -0.05) is 36.9 Å². The fourth-order valence-corrected chi connectivity index (χ4v) is 4.68. The van der Waals surface area contributed by atoms with Crippen LogP contribution < -0.4 is 10.6 Å². The Bertz CT molecular complexity index is 858. The number of benzene rings is 2. The summed E-state index contributed by atoms with van der Waals surface area (Å²) in [4.78, 5) is 4.93. The average Bonchev–Trinajstić information content (AvgIpc) is 2.76. The van der Waals surface area contributed by atoms with Crippen molar-refractivity contribution >= 4 is 5.69 Å². The van der Waals surface area contributed by atoms with Gasteiger partial charge in [0, 0.05) is 69.2 Å². The number of piperazine rings is 1. The first-order valence-corrected chi connectivity index (χ1v) is 11.5. The Hall–Kier alpha value is -2.37. The quantitative estimate of drug-likeness (QED) is 0.698. The molecule has 0 radical (unpaired) electrons. The van der Waals surface area contributed by atoms with E-state index in [4.69, 9.17) is 0 Å². The summed E-state index contributed by atoms with van der Waals surface area (Å²) < 4.78 is 13.4. The number of halogens is 1. The minimum absolute atomic E-state index is 0.190. The van der Waals surface area contributed by atoms with E-state index in [1.54, 1.807) is 12.1 Å². The van der Waals surface area contributed by atoms with Crippen LogP contribution in [0.3, 0.4) is 0 Å². The molecule has 166 valence electrons. The SMILES string of the molecule is C=C(Cc1ccc(CN2CCN[C@@H](C)C2)cc1)N1CCC(Nc2cccc(F)c2)CC1. The van der Waals surface area contributed by atoms with Gasteiger partial charge in [0.25, 0.3) is 0 Å². The van der Waals surface area contributed by atoms with Crippen LogP contribution in [0.1, 0.15) is 30.9 Å². The summed E-state index contributed by atoms with van der Waals surface area (Å²) in [5.74, 6) is -0.190. The Morgan fingerprint density at radius 3 is 2.55 bits per heavy atom. The predicted octanol–water partition coefficient (Wildman–Crippen LogP) is 4.25. The van der Waals surface area contributed by atoms with Crippen molar-refractivity contribution in [3.8, 4) is 0 Å². The summed E-state index contributed by atoms with van der Waals surface area (Å²) in [5.41, 5.74) is 4.76. The van der Waals surface area contributed by atoms with Crippen LogP contribution in [0, 0.1) is 5.82 Å². The number of hydrogen-bond acceptors (Lipinski definition) is 4. The lowest BCUT2D eigenvalue weighted by Crippen LogP contribution is -2.48. The number of nitrogens with one attached hydrogen (secondary N) is 2. The maximum absolute atomic E-state index is 13.4. The Morgan fingerprint density at radius 1 is 1.10 bits per heavy atom. The maximum Gasteiger partial charge on any atom is 0.125 e. The van der Waals surface area contributed by atoms with E-state index in [-0.39, 0.29) is 5.82 Å². The molecule has 2 heterocycles. The third-order valence-electron chi connectivity index (χ3n) is 6.43. The van der Waals surface area contributed by atoms with Crippen LogP contribution in [0.2, 0.25) is 0 Å². The molecule has 0 saturated carbocycles. The Morgan fingerprint density at radius 2 is 1.84 bits per heavy atom. The van der Waals surface area contributed by atoms with Crippen LogP contribution in [0.25, 0.3) is 0 Å². The van der Waals surface area contributed by atoms with Crippen molar-refractivity contribution in [3.05, 3.63) is 77.8 Å². The minimum Gasteiger partial charge on any atom is -0.382 e. The molecule has 0 aliphatic carbocycles. The normalized spacial score (nSPS) is 20.6. The monoisotopic (exact) mass is 422 g/mol. The van der Waals surface area contributed by atoms with E-state index in [1.165, 1.54) is 22.9 Å². The molecule has 5 heteroatoms. The van der Waals surface area contributed by atoms with Crippen LogP contribution in [-0.2, 0) is 13.0 Å². The van der Waals surface area contributed by atoms with E-state index < -0.39 is 0 Å². The molecule has 0 amide bonds. The van der Waals surface area contributed by atoms with Crippen LogP contribution in [0.4, 0.5) is 10.1 Å². The first kappa shape index (κ1) is 21.8. The fourth-order valence-electron chi connectivity index (χ4n) is 4.68. The standard InChI is InChI=1S/C26H35FN4/c1-20-18-30(15-12-28-20)19-23-8-6-22(7-9-23)16-21(2)31-13-10-25(11-14-31)29-26-5-3-4-24(27)17-26/h3-9,17,20,25,28-29H,2,10-16,18-19H2,1H3/t20-/m0/s1. The summed E-state index contributed by atoms with van der Waals surface area (Å²) >= 11 is 0. The number of allylic oxidation sites excluding steroid dienone is 1. The van der Waals surface area contributed by atoms with Gasteiger partial charge in [-0.3, -0.25) is 4.90 Å². The number of hydrogen-bond donors (Lipinski definition) is 2. The van der Waals surface area contributed by atoms with E-state index in [0.29, 0.717) is 12.1 Å². The average molecular weight is 423 g/mol. The van der Waals surface area contributed by atoms with Crippen LogP contribution >= 0.6 is 0 Å².